The Morgan fingerprint density at radius 1 is 1.00 bits per heavy atom. The topological polar surface area (TPSA) is 44.8 Å². The average Bonchev–Trinajstić information content (AvgIpc) is 2.79. The predicted octanol–water partition coefficient (Wildman–Crippen LogP) is 3.34. The largest absolute Gasteiger partial charge is 0.494 e. The molecule has 0 spiro atoms. The number of amides is 1. The molecule has 2 aromatic carbocycles. The van der Waals surface area contributed by atoms with E-state index in [1.807, 2.05) is 36.4 Å². The molecular weight excluding hydrogens is 362 g/mol. The van der Waals surface area contributed by atoms with E-state index in [9.17, 15) is 4.79 Å². The average molecular weight is 396 g/mol. The van der Waals surface area contributed by atoms with E-state index in [1.165, 1.54) is 5.56 Å². The molecule has 29 heavy (non-hydrogen) atoms. The summed E-state index contributed by atoms with van der Waals surface area (Å²) in [6, 6.07) is 20.5. The van der Waals surface area contributed by atoms with Crippen LogP contribution in [0.1, 0.15) is 31.4 Å². The summed E-state index contributed by atoms with van der Waals surface area (Å²) < 4.78 is 5.67. The lowest BCUT2D eigenvalue weighted by Crippen LogP contribution is -2.49. The van der Waals surface area contributed by atoms with Crippen LogP contribution in [0.2, 0.25) is 0 Å². The van der Waals surface area contributed by atoms with Crippen LogP contribution >= 0.6 is 0 Å². The van der Waals surface area contributed by atoms with Crippen molar-refractivity contribution in [2.24, 2.45) is 0 Å². The van der Waals surface area contributed by atoms with Gasteiger partial charge < -0.3 is 15.0 Å². The van der Waals surface area contributed by atoms with Crippen molar-refractivity contribution in [3.05, 3.63) is 66.2 Å². The highest BCUT2D eigenvalue weighted by molar-refractivity contribution is 5.75. The number of hydrogen-bond acceptors (Lipinski definition) is 4. The fourth-order valence-corrected chi connectivity index (χ4v) is 3.76. The van der Waals surface area contributed by atoms with Crippen LogP contribution in [0.3, 0.4) is 0 Å². The van der Waals surface area contributed by atoms with Gasteiger partial charge in [-0.15, -0.1) is 0 Å². The summed E-state index contributed by atoms with van der Waals surface area (Å²) in [5.41, 5.74) is 1.27. The van der Waals surface area contributed by atoms with Crippen molar-refractivity contribution in [2.45, 2.75) is 25.8 Å². The molecule has 1 fully saturated rings. The molecule has 1 unspecified atom stereocenters. The lowest BCUT2D eigenvalue weighted by atomic mass is 10.0. The minimum atomic E-state index is 0.0924. The maximum Gasteiger partial charge on any atom is 0.220 e. The molecule has 0 radical (unpaired) electrons. The van der Waals surface area contributed by atoms with E-state index < -0.39 is 0 Å². The molecule has 2 aromatic rings. The van der Waals surface area contributed by atoms with E-state index in [0.29, 0.717) is 26.0 Å². The molecule has 3 rings (SSSR count). The van der Waals surface area contributed by atoms with Gasteiger partial charge in [0.2, 0.25) is 5.91 Å². The Labute approximate surface area is 174 Å². The third-order valence-corrected chi connectivity index (χ3v) is 5.53. The lowest BCUT2D eigenvalue weighted by molar-refractivity contribution is -0.121. The zero-order valence-electron chi connectivity index (χ0n) is 17.4. The molecule has 0 aromatic heterocycles. The molecule has 0 aliphatic carbocycles. The van der Waals surface area contributed by atoms with Gasteiger partial charge in [-0.25, -0.2) is 0 Å². The molecule has 5 nitrogen and oxygen atoms in total. The maximum atomic E-state index is 12.4. The SMILES string of the molecule is CCN1CCN(C(CNC(=O)CCCOc2ccccc2)c2ccccc2)CC1. The molecule has 1 aliphatic heterocycles. The molecule has 1 aliphatic rings. The van der Waals surface area contributed by atoms with Gasteiger partial charge in [0.25, 0.3) is 0 Å². The highest BCUT2D eigenvalue weighted by Crippen LogP contribution is 2.21. The second kappa shape index (κ2) is 11.6. The van der Waals surface area contributed by atoms with Crippen LogP contribution in [0.25, 0.3) is 0 Å². The first-order valence-electron chi connectivity index (χ1n) is 10.7. The normalized spacial score (nSPS) is 16.3. The summed E-state index contributed by atoms with van der Waals surface area (Å²) in [7, 11) is 0. The van der Waals surface area contributed by atoms with Gasteiger partial charge in [-0.2, -0.15) is 0 Å². The minimum absolute atomic E-state index is 0.0924. The Hall–Kier alpha value is -2.37. The van der Waals surface area contributed by atoms with E-state index in [2.05, 4.69) is 46.3 Å². The number of benzene rings is 2. The quantitative estimate of drug-likeness (QED) is 0.627. The van der Waals surface area contributed by atoms with Crippen molar-refractivity contribution >= 4 is 5.91 Å². The molecule has 5 heteroatoms. The molecule has 1 saturated heterocycles. The van der Waals surface area contributed by atoms with Crippen molar-refractivity contribution in [3.8, 4) is 5.75 Å². The van der Waals surface area contributed by atoms with Gasteiger partial charge in [-0.3, -0.25) is 9.69 Å². The molecule has 0 bridgehead atoms. The number of carbonyl (C=O) groups excluding carboxylic acids is 1. The lowest BCUT2D eigenvalue weighted by Gasteiger charge is -2.39. The zero-order valence-corrected chi connectivity index (χ0v) is 17.4. The van der Waals surface area contributed by atoms with Gasteiger partial charge >= 0.3 is 0 Å². The van der Waals surface area contributed by atoms with Gasteiger partial charge in [0.15, 0.2) is 0 Å². The Balaban J connectivity index is 1.46. The first-order valence-corrected chi connectivity index (χ1v) is 10.7. The Bertz CT molecular complexity index is 715. The van der Waals surface area contributed by atoms with E-state index in [4.69, 9.17) is 4.74 Å². The number of ether oxygens (including phenoxy) is 1. The zero-order chi connectivity index (χ0) is 20.3. The van der Waals surface area contributed by atoms with Crippen molar-refractivity contribution in [1.29, 1.82) is 0 Å². The molecule has 1 amide bonds. The monoisotopic (exact) mass is 395 g/mol. The van der Waals surface area contributed by atoms with Gasteiger partial charge in [0.05, 0.1) is 12.6 Å². The van der Waals surface area contributed by atoms with Crippen molar-refractivity contribution in [3.63, 3.8) is 0 Å². The highest BCUT2D eigenvalue weighted by Gasteiger charge is 2.24. The van der Waals surface area contributed by atoms with Crippen molar-refractivity contribution < 1.29 is 9.53 Å². The van der Waals surface area contributed by atoms with E-state index in [0.717, 1.165) is 38.5 Å². The molecular formula is C24H33N3O2. The summed E-state index contributed by atoms with van der Waals surface area (Å²) in [5.74, 6) is 0.943. The molecule has 1 heterocycles. The minimum Gasteiger partial charge on any atom is -0.494 e. The number of rotatable bonds is 10. The fraction of sp³-hybridized carbons (Fsp3) is 0.458. The van der Waals surface area contributed by atoms with E-state index >= 15 is 0 Å². The van der Waals surface area contributed by atoms with Crippen LogP contribution in [0, 0.1) is 0 Å². The number of para-hydroxylation sites is 1. The van der Waals surface area contributed by atoms with Crippen LogP contribution in [0.5, 0.6) is 5.75 Å². The van der Waals surface area contributed by atoms with Crippen LogP contribution in [0.4, 0.5) is 0 Å². The number of nitrogens with zero attached hydrogens (tertiary/aromatic N) is 2. The molecule has 1 N–H and O–H groups in total. The number of likely N-dealkylation sites (N-methyl/N-ethyl adjacent to an activating group) is 1. The summed E-state index contributed by atoms with van der Waals surface area (Å²) in [4.78, 5) is 17.4. The standard InChI is InChI=1S/C24H33N3O2/c1-2-26-15-17-27(18-16-26)23(21-10-5-3-6-11-21)20-25-24(28)14-9-19-29-22-12-7-4-8-13-22/h3-8,10-13,23H,2,9,14-20H2,1H3,(H,25,28). The molecule has 156 valence electrons. The third kappa shape index (κ3) is 6.87. The Kier molecular flexibility index (Phi) is 8.53. The second-order valence-electron chi connectivity index (χ2n) is 7.47. The maximum absolute atomic E-state index is 12.4. The summed E-state index contributed by atoms with van der Waals surface area (Å²) in [6.45, 7) is 8.77. The number of nitrogens with one attached hydrogen (secondary N) is 1. The van der Waals surface area contributed by atoms with Crippen molar-refractivity contribution in [1.82, 2.24) is 15.1 Å². The van der Waals surface area contributed by atoms with Crippen LogP contribution in [0.15, 0.2) is 60.7 Å². The second-order valence-corrected chi connectivity index (χ2v) is 7.47. The smallest absolute Gasteiger partial charge is 0.220 e. The van der Waals surface area contributed by atoms with E-state index in [1.54, 1.807) is 0 Å². The van der Waals surface area contributed by atoms with Crippen molar-refractivity contribution in [2.75, 3.05) is 45.9 Å². The van der Waals surface area contributed by atoms with Crippen LogP contribution in [-0.2, 0) is 4.79 Å². The summed E-state index contributed by atoms with van der Waals surface area (Å²) >= 11 is 0. The van der Waals surface area contributed by atoms with E-state index in [-0.39, 0.29) is 11.9 Å². The third-order valence-electron chi connectivity index (χ3n) is 5.53. The highest BCUT2D eigenvalue weighted by atomic mass is 16.5. The van der Waals surface area contributed by atoms with Gasteiger partial charge in [0.1, 0.15) is 5.75 Å². The van der Waals surface area contributed by atoms with Gasteiger partial charge in [-0.05, 0) is 30.7 Å². The fourth-order valence-electron chi connectivity index (χ4n) is 3.76. The number of carbonyl (C=O) groups is 1. The first-order chi connectivity index (χ1) is 14.3. The molecule has 1 atom stereocenters. The predicted molar refractivity (Wildman–Crippen MR) is 117 cm³/mol. The Morgan fingerprint density at radius 3 is 2.31 bits per heavy atom. The van der Waals surface area contributed by atoms with Crippen LogP contribution in [-0.4, -0.2) is 61.6 Å². The summed E-state index contributed by atoms with van der Waals surface area (Å²) in [6.07, 6.45) is 1.20. The van der Waals surface area contributed by atoms with Gasteiger partial charge in [0, 0.05) is 39.1 Å². The van der Waals surface area contributed by atoms with Crippen LogP contribution < -0.4 is 10.1 Å². The first kappa shape index (κ1) is 21.3. The molecule has 0 saturated carbocycles. The van der Waals surface area contributed by atoms with Gasteiger partial charge in [-0.1, -0.05) is 55.5 Å². The number of hydrogen-bond donors (Lipinski definition) is 1. The summed E-state index contributed by atoms with van der Waals surface area (Å²) in [5, 5.41) is 3.15. The number of piperazine rings is 1. The Morgan fingerprint density at radius 2 is 1.66 bits per heavy atom.